The topological polar surface area (TPSA) is 629 Å². The Morgan fingerprint density at radius 3 is 1.01 bits per heavy atom. The minimum Gasteiger partial charge on any atom is -0.508 e. The first kappa shape index (κ1) is 106. The van der Waals surface area contributed by atoms with Crippen LogP contribution < -0.4 is 41.0 Å². The Morgan fingerprint density at radius 1 is 0.354 bits per heavy atom. The van der Waals surface area contributed by atoms with Gasteiger partial charge in [0.2, 0.25) is 0 Å². The fourth-order valence-corrected chi connectivity index (χ4v) is 18.6. The van der Waals surface area contributed by atoms with E-state index in [4.69, 9.17) is 70.8 Å². The van der Waals surface area contributed by atoms with Gasteiger partial charge in [-0.2, -0.15) is 0 Å². The predicted octanol–water partition coefficient (Wildman–Crippen LogP) is 16.8. The lowest BCUT2D eigenvalue weighted by Crippen LogP contribution is -2.29. The van der Waals surface area contributed by atoms with E-state index in [1.807, 2.05) is 112 Å². The summed E-state index contributed by atoms with van der Waals surface area (Å²) >= 11 is 14.0. The summed E-state index contributed by atoms with van der Waals surface area (Å²) in [6.07, 6.45) is 12.6. The molecule has 0 atom stereocenters. The molecule has 144 heavy (non-hydrogen) atoms. The van der Waals surface area contributed by atoms with E-state index in [0.29, 0.717) is 123 Å². The number of benzene rings is 8. The molecule has 748 valence electrons. The van der Waals surface area contributed by atoms with Crippen LogP contribution in [-0.2, 0) is 106 Å². The van der Waals surface area contributed by atoms with Crippen molar-refractivity contribution in [1.29, 1.82) is 0 Å². The second-order valence-electron chi connectivity index (χ2n) is 33.7. The number of nitrogens with two attached hydrogens (primary N) is 4. The van der Waals surface area contributed by atoms with E-state index in [9.17, 15) is 72.5 Å². The number of unbranched alkanes of at least 4 members (excludes halogenated alkanes) is 4. The maximum Gasteiger partial charge on any atom is 0.524 e. The number of imide groups is 1. The molecule has 0 aliphatic carbocycles. The maximum absolute atomic E-state index is 12.0. The fraction of sp³-hybridized carbons (Fsp3) is 0.260. The van der Waals surface area contributed by atoms with Crippen molar-refractivity contribution in [2.75, 3.05) is 22.9 Å². The summed E-state index contributed by atoms with van der Waals surface area (Å²) in [5.41, 5.74) is 39.3. The molecule has 0 spiro atoms. The van der Waals surface area contributed by atoms with Crippen molar-refractivity contribution >= 4 is 206 Å². The van der Waals surface area contributed by atoms with E-state index in [2.05, 4.69) is 112 Å². The molecule has 0 saturated carbocycles. The van der Waals surface area contributed by atoms with Crippen LogP contribution in [0.15, 0.2) is 173 Å². The lowest BCUT2D eigenvalue weighted by Gasteiger charge is -2.17. The fourth-order valence-electron chi connectivity index (χ4n) is 16.7. The number of thiocarbonyl (C=S) groups is 3. The number of nitrogen functional groups attached to an aromatic ring is 4. The molecule has 2 amide bonds. The van der Waals surface area contributed by atoms with Crippen molar-refractivity contribution in [3.05, 3.63) is 231 Å². The molecule has 41 nitrogen and oxygen atoms in total. The molecular weight excluding hydrogens is 1990 g/mol. The van der Waals surface area contributed by atoms with Gasteiger partial charge in [0.25, 0.3) is 11.8 Å². The minimum absolute atomic E-state index is 0.0360. The Balaban J connectivity index is 0.000000152. The summed E-state index contributed by atoms with van der Waals surface area (Å²) < 4.78 is 73.0. The third-order valence-electron chi connectivity index (χ3n) is 23.2. The summed E-state index contributed by atoms with van der Waals surface area (Å²) in [5.74, 6) is 3.17. The van der Waals surface area contributed by atoms with Gasteiger partial charge in [-0.1, -0.05) is 114 Å². The largest absolute Gasteiger partial charge is 0.524 e. The Morgan fingerprint density at radius 2 is 0.660 bits per heavy atom. The Hall–Kier alpha value is -14.0. The molecule has 1 aliphatic rings. The number of hydrogen-bond acceptors (Lipinski definition) is 31. The van der Waals surface area contributed by atoms with E-state index in [-0.39, 0.29) is 101 Å². The quantitative estimate of drug-likeness (QED) is 0.00750. The monoisotopic (exact) mass is 2090 g/mol. The van der Waals surface area contributed by atoms with Crippen molar-refractivity contribution in [3.63, 3.8) is 0 Å². The van der Waals surface area contributed by atoms with Crippen molar-refractivity contribution < 1.29 is 100 Å². The number of aromatic nitrogens is 12. The molecule has 8 aromatic heterocycles. The van der Waals surface area contributed by atoms with Crippen LogP contribution in [0.2, 0.25) is 0 Å². The number of anilines is 4. The van der Waals surface area contributed by atoms with Gasteiger partial charge in [0.15, 0.2) is 23.3 Å². The average Bonchev–Trinajstić information content (AvgIpc) is 1.61. The zero-order chi connectivity index (χ0) is 103. The molecule has 17 rings (SSSR count). The van der Waals surface area contributed by atoms with Gasteiger partial charge in [-0.3, -0.25) is 53.6 Å². The number of carbonyl (C=O) groups excluding carboxylic acids is 2. The highest BCUT2D eigenvalue weighted by molar-refractivity contribution is 7.78. The number of phosphoric acid groups is 4. The van der Waals surface area contributed by atoms with E-state index in [1.165, 1.54) is 65.6 Å². The summed E-state index contributed by atoms with van der Waals surface area (Å²) in [6.45, 7) is 12.3. The minimum atomic E-state index is -4.97. The van der Waals surface area contributed by atoms with Gasteiger partial charge in [-0.25, -0.2) is 73.1 Å². The van der Waals surface area contributed by atoms with Crippen LogP contribution in [0.25, 0.3) is 87.7 Å². The third kappa shape index (κ3) is 25.8. The van der Waals surface area contributed by atoms with Crippen LogP contribution in [0, 0.1) is 6.92 Å². The summed E-state index contributed by atoms with van der Waals surface area (Å²) in [6, 6.07) is 39.9. The number of fused-ring (bicyclic) bond motifs is 12. The second kappa shape index (κ2) is 45.7. The molecule has 8 aromatic carbocycles. The number of phenolic OH excluding ortho intramolecular Hbond substituents is 3. The highest BCUT2D eigenvalue weighted by Crippen LogP contribution is 2.47. The van der Waals surface area contributed by atoms with Gasteiger partial charge >= 0.3 is 31.3 Å². The summed E-state index contributed by atoms with van der Waals surface area (Å²) in [4.78, 5) is 149. The number of aromatic hydroxyl groups is 3. The summed E-state index contributed by atoms with van der Waals surface area (Å²) in [7, 11) is -19.4. The Bertz CT molecular complexity index is 8080. The highest BCUT2D eigenvalue weighted by atomic mass is 32.1. The van der Waals surface area contributed by atoms with Crippen LogP contribution in [0.1, 0.15) is 152 Å². The van der Waals surface area contributed by atoms with Crippen molar-refractivity contribution in [2.24, 2.45) is 15.0 Å². The zero-order valence-electron chi connectivity index (χ0n) is 78.1. The molecule has 0 bridgehead atoms. The number of amides is 2. The van der Waals surface area contributed by atoms with Gasteiger partial charge in [0.05, 0.1) is 105 Å². The van der Waals surface area contributed by atoms with Crippen LogP contribution in [0.3, 0.4) is 0 Å². The lowest BCUT2D eigenvalue weighted by atomic mass is 10.1. The van der Waals surface area contributed by atoms with E-state index in [0.717, 1.165) is 147 Å². The molecule has 48 heteroatoms. The first-order valence-corrected chi connectivity index (χ1v) is 52.5. The molecule has 1 aliphatic heterocycles. The molecule has 0 fully saturated rings. The molecule has 9 heterocycles. The average molecular weight is 2090 g/mol. The lowest BCUT2D eigenvalue weighted by molar-refractivity contribution is -0.137. The number of aliphatic imine (C=N–C) groups is 3. The number of carbonyl (C=O) groups is 2. The number of nitrogens with zero attached hydrogens (tertiary/aromatic N) is 16. The van der Waals surface area contributed by atoms with Crippen LogP contribution >= 0.6 is 67.9 Å². The summed E-state index contributed by atoms with van der Waals surface area (Å²) in [5, 5.41) is 40.8. The number of rotatable bonds is 36. The van der Waals surface area contributed by atoms with Crippen molar-refractivity contribution in [3.8, 4) is 40.2 Å². The zero-order valence-corrected chi connectivity index (χ0v) is 84.2. The van der Waals surface area contributed by atoms with Gasteiger partial charge < -0.3 is 74.6 Å². The first-order chi connectivity index (χ1) is 68.6. The first-order valence-electron chi connectivity index (χ1n) is 45.1. The number of phosphoric ester groups is 4. The standard InChI is InChI=1S/C27H27N5O3.C23H25N5O8P2S.2C23H24N5O5PS/c1-3-4-5-22-30-25-26(31(22)14-17-7-9-21(33)16(2)12-17)19-8-6-18(13-20(19)29-27(25)28)15-32-23(34)10-11-24(32)35;1-2-3-4-20-27-21-22(17-7-5-14(11-25-13-39)9-18(17)26-23(21)24)28(20)12-15-10-16(35-37(29,30)31)6-8-19(15)36-38(32,33)34;1-2-3-4-20-27-21-22(17-7-5-14(11-25-13-35)9-18(17)26-23(21)24)28(20)12-15-10-16(6-8-19(15)29)33-34(30,31)32;1-2-3-4-20-27-21-22(17-7-5-14(11-25-13-35)9-18(17)26-23(21)24)28(20)12-15-10-16(29)6-8-19(15)33-34(30,31)32/h6-13,33H,3-5,14-15H2,1-2H3,(H2,28,29);5-10H,2-4,11-12H2,1H3,(H2,24,26)(H2,29,30,31)(H2,32,33,34);2*5-10,29H,2-4,11-12H2,1H3,(H2,24,26)(H2,30,31,32). The molecule has 0 radical (unpaired) electrons. The van der Waals surface area contributed by atoms with E-state index in [1.54, 1.807) is 6.07 Å². The smallest absolute Gasteiger partial charge is 0.508 e. The second-order valence-corrected chi connectivity index (χ2v) is 38.9. The number of hydrogen-bond donors (Lipinski definition) is 15. The number of isothiocyanates is 3. The number of phenols is 3. The molecule has 0 saturated heterocycles. The van der Waals surface area contributed by atoms with Gasteiger partial charge in [0.1, 0.15) is 85.6 Å². The van der Waals surface area contributed by atoms with Crippen LogP contribution in [0.5, 0.6) is 40.2 Å². The van der Waals surface area contributed by atoms with Gasteiger partial charge in [-0.15, -0.1) is 0 Å². The Kier molecular flexibility index (Phi) is 33.6. The number of aryl methyl sites for hydroxylation is 5. The van der Waals surface area contributed by atoms with E-state index >= 15 is 0 Å². The number of pyridine rings is 4. The maximum atomic E-state index is 12.0. The van der Waals surface area contributed by atoms with Gasteiger partial charge in [-0.05, 0) is 188 Å². The highest BCUT2D eigenvalue weighted by Gasteiger charge is 2.31. The van der Waals surface area contributed by atoms with Crippen LogP contribution in [0.4, 0.5) is 23.3 Å². The van der Waals surface area contributed by atoms with Crippen LogP contribution in [-0.4, -0.2) is 145 Å². The molecule has 19 N–H and O–H groups in total. The predicted molar refractivity (Wildman–Crippen MR) is 556 cm³/mol. The van der Waals surface area contributed by atoms with Crippen molar-refractivity contribution in [1.82, 2.24) is 63.0 Å². The number of imidazole rings is 4. The molecule has 16 aromatic rings. The Labute approximate surface area is 837 Å². The normalized spacial score (nSPS) is 12.2. The van der Waals surface area contributed by atoms with Gasteiger partial charge in [0, 0.05) is 82.6 Å². The third-order valence-corrected chi connectivity index (χ3v) is 25.4. The van der Waals surface area contributed by atoms with E-state index < -0.39 is 31.3 Å². The SMILES string of the molecule is CCCCc1nc2c(N)nc3cc(CN4C(=O)C=CC4=O)ccc3c2n1Cc1ccc(O)c(C)c1.CCCCc1nc2c(N)nc3cc(CN=C=S)ccc3c2n1Cc1cc(O)ccc1OP(=O)(O)O.CCCCc1nc2c(N)nc3cc(CN=C=S)ccc3c2n1Cc1cc(OP(=O)(O)O)ccc1O.CCCCc1nc2c(N)nc3cc(CN=C=S)ccc3c2n1Cc1cc(OP(=O)(O)O)ccc1OP(=O)(O)O. The van der Waals surface area contributed by atoms with Crippen molar-refractivity contribution in [2.45, 2.75) is 164 Å². The molecule has 0 unspecified atom stereocenters. The molecular formula is C96H100N20O21P4S3.